The Hall–Kier alpha value is -1.13. The van der Waals surface area contributed by atoms with E-state index in [0.29, 0.717) is 0 Å². The lowest BCUT2D eigenvalue weighted by atomic mass is 10.1. The molecule has 0 saturated carbocycles. The fourth-order valence-electron chi connectivity index (χ4n) is 2.01. The van der Waals surface area contributed by atoms with Gasteiger partial charge < -0.3 is 5.11 Å². The number of aliphatic hydroxyl groups excluding tert-OH is 1. The quantitative estimate of drug-likeness (QED) is 0.786. The Morgan fingerprint density at radius 2 is 2.53 bits per heavy atom. The molecule has 1 unspecified atom stereocenters. The van der Waals surface area contributed by atoms with Crippen molar-refractivity contribution in [3.05, 3.63) is 35.1 Å². The molecule has 0 aliphatic heterocycles. The number of fused-ring (bicyclic) bond motifs is 1. The monoisotopic (exact) mass is 220 g/mol. The molecular formula is C11H12N2OS. The summed E-state index contributed by atoms with van der Waals surface area (Å²) in [6.07, 6.45) is 8.58. The van der Waals surface area contributed by atoms with Crippen LogP contribution in [0.3, 0.4) is 0 Å². The van der Waals surface area contributed by atoms with E-state index >= 15 is 0 Å². The summed E-state index contributed by atoms with van der Waals surface area (Å²) in [5, 5.41) is 11.4. The summed E-state index contributed by atoms with van der Waals surface area (Å²) in [7, 11) is 0. The Labute approximate surface area is 91.7 Å². The van der Waals surface area contributed by atoms with Crippen LogP contribution in [0.1, 0.15) is 18.5 Å². The lowest BCUT2D eigenvalue weighted by molar-refractivity contribution is 0.223. The third-order valence-corrected chi connectivity index (χ3v) is 3.51. The molecule has 0 radical (unpaired) electrons. The van der Waals surface area contributed by atoms with Crippen LogP contribution >= 0.6 is 11.3 Å². The number of aliphatic hydroxyl groups is 1. The van der Waals surface area contributed by atoms with Gasteiger partial charge in [-0.3, -0.25) is 4.40 Å². The summed E-state index contributed by atoms with van der Waals surface area (Å²) < 4.78 is 2.05. The molecule has 2 heterocycles. The second-order valence-electron chi connectivity index (χ2n) is 3.93. The number of nitrogens with zero attached hydrogens (tertiary/aromatic N) is 2. The maximum Gasteiger partial charge on any atom is 0.193 e. The van der Waals surface area contributed by atoms with Gasteiger partial charge in [-0.05, 0) is 12.8 Å². The van der Waals surface area contributed by atoms with Gasteiger partial charge in [-0.1, -0.05) is 11.6 Å². The van der Waals surface area contributed by atoms with Crippen molar-refractivity contribution in [3.8, 4) is 0 Å². The summed E-state index contributed by atoms with van der Waals surface area (Å²) in [5.74, 6) is 0. The minimum Gasteiger partial charge on any atom is -0.389 e. The molecule has 1 aliphatic rings. The first-order valence-electron chi connectivity index (χ1n) is 5.10. The van der Waals surface area contributed by atoms with Gasteiger partial charge in [0.15, 0.2) is 4.96 Å². The standard InChI is InChI=1S/C11H12N2OS/c14-10-2-1-8(6-10)5-9-7-13-3-4-15-11(13)12-9/h3-4,6-7,10,14H,1-2,5H2. The third-order valence-electron chi connectivity index (χ3n) is 2.74. The number of imidazole rings is 1. The van der Waals surface area contributed by atoms with Crippen LogP contribution in [0.25, 0.3) is 4.96 Å². The van der Waals surface area contributed by atoms with E-state index in [4.69, 9.17) is 0 Å². The van der Waals surface area contributed by atoms with Gasteiger partial charge >= 0.3 is 0 Å². The van der Waals surface area contributed by atoms with Gasteiger partial charge in [0.2, 0.25) is 0 Å². The van der Waals surface area contributed by atoms with Crippen molar-refractivity contribution >= 4 is 16.3 Å². The molecule has 0 bridgehead atoms. The van der Waals surface area contributed by atoms with Crippen LogP contribution in [0.15, 0.2) is 29.4 Å². The van der Waals surface area contributed by atoms with E-state index < -0.39 is 0 Å². The Morgan fingerprint density at radius 3 is 3.27 bits per heavy atom. The van der Waals surface area contributed by atoms with Crippen molar-refractivity contribution in [1.82, 2.24) is 9.38 Å². The van der Waals surface area contributed by atoms with Crippen LogP contribution in [0.5, 0.6) is 0 Å². The molecule has 2 aromatic heterocycles. The zero-order valence-corrected chi connectivity index (χ0v) is 9.07. The van der Waals surface area contributed by atoms with Crippen molar-refractivity contribution in [2.75, 3.05) is 0 Å². The lowest BCUT2D eigenvalue weighted by Crippen LogP contribution is -1.93. The number of hydrogen-bond donors (Lipinski definition) is 1. The van der Waals surface area contributed by atoms with E-state index in [2.05, 4.69) is 11.2 Å². The van der Waals surface area contributed by atoms with Crippen LogP contribution in [-0.2, 0) is 6.42 Å². The van der Waals surface area contributed by atoms with Gasteiger partial charge in [0.25, 0.3) is 0 Å². The van der Waals surface area contributed by atoms with Crippen LogP contribution in [0.2, 0.25) is 0 Å². The Bertz CT molecular complexity index is 483. The summed E-state index contributed by atoms with van der Waals surface area (Å²) in [6.45, 7) is 0. The smallest absolute Gasteiger partial charge is 0.193 e. The predicted octanol–water partition coefficient (Wildman–Crippen LogP) is 2.02. The van der Waals surface area contributed by atoms with Crippen LogP contribution in [0.4, 0.5) is 0 Å². The molecule has 15 heavy (non-hydrogen) atoms. The molecule has 1 N–H and O–H groups in total. The van der Waals surface area contributed by atoms with E-state index in [1.54, 1.807) is 11.3 Å². The van der Waals surface area contributed by atoms with Crippen LogP contribution < -0.4 is 0 Å². The molecule has 1 aliphatic carbocycles. The van der Waals surface area contributed by atoms with E-state index in [1.807, 2.05) is 22.1 Å². The van der Waals surface area contributed by atoms with Crippen molar-refractivity contribution < 1.29 is 5.11 Å². The maximum atomic E-state index is 9.38. The van der Waals surface area contributed by atoms with E-state index in [-0.39, 0.29) is 6.10 Å². The normalized spacial score (nSPS) is 21.1. The molecule has 3 nitrogen and oxygen atoms in total. The topological polar surface area (TPSA) is 37.5 Å². The molecular weight excluding hydrogens is 208 g/mol. The SMILES string of the molecule is OC1C=C(Cc2cn3ccsc3n2)CC1. The van der Waals surface area contributed by atoms with Gasteiger partial charge in [0.05, 0.1) is 11.8 Å². The second kappa shape index (κ2) is 3.47. The molecule has 3 rings (SSSR count). The summed E-state index contributed by atoms with van der Waals surface area (Å²) in [4.78, 5) is 5.57. The molecule has 0 fully saturated rings. The van der Waals surface area contributed by atoms with Crippen molar-refractivity contribution in [1.29, 1.82) is 0 Å². The summed E-state index contributed by atoms with van der Waals surface area (Å²) in [6, 6.07) is 0. The Kier molecular flexibility index (Phi) is 2.11. The third kappa shape index (κ3) is 1.70. The van der Waals surface area contributed by atoms with E-state index in [9.17, 15) is 5.11 Å². The summed E-state index contributed by atoms with van der Waals surface area (Å²) >= 11 is 1.65. The van der Waals surface area contributed by atoms with Gasteiger partial charge in [-0.25, -0.2) is 4.98 Å². The number of thiazole rings is 1. The first-order chi connectivity index (χ1) is 7.31. The largest absolute Gasteiger partial charge is 0.389 e. The Balaban J connectivity index is 1.83. The number of rotatable bonds is 2. The van der Waals surface area contributed by atoms with Crippen LogP contribution in [-0.4, -0.2) is 20.6 Å². The van der Waals surface area contributed by atoms with Crippen molar-refractivity contribution in [2.45, 2.75) is 25.4 Å². The minimum atomic E-state index is -0.233. The average molecular weight is 220 g/mol. The molecule has 0 spiro atoms. The fraction of sp³-hybridized carbons (Fsp3) is 0.364. The Morgan fingerprint density at radius 1 is 1.60 bits per heavy atom. The van der Waals surface area contributed by atoms with E-state index in [0.717, 1.165) is 29.9 Å². The number of allylic oxidation sites excluding steroid dienone is 1. The average Bonchev–Trinajstić information content (AvgIpc) is 2.81. The molecule has 0 aromatic carbocycles. The zero-order valence-electron chi connectivity index (χ0n) is 8.26. The van der Waals surface area contributed by atoms with Gasteiger partial charge in [-0.2, -0.15) is 0 Å². The van der Waals surface area contributed by atoms with Crippen molar-refractivity contribution in [3.63, 3.8) is 0 Å². The molecule has 78 valence electrons. The molecule has 4 heteroatoms. The second-order valence-corrected chi connectivity index (χ2v) is 4.81. The highest BCUT2D eigenvalue weighted by Crippen LogP contribution is 2.22. The van der Waals surface area contributed by atoms with Gasteiger partial charge in [0.1, 0.15) is 0 Å². The van der Waals surface area contributed by atoms with Crippen LogP contribution in [0, 0.1) is 0 Å². The molecule has 0 amide bonds. The number of aromatic nitrogens is 2. The highest BCUT2D eigenvalue weighted by atomic mass is 32.1. The van der Waals surface area contributed by atoms with Gasteiger partial charge in [-0.15, -0.1) is 11.3 Å². The van der Waals surface area contributed by atoms with E-state index in [1.165, 1.54) is 5.57 Å². The number of hydrogen-bond acceptors (Lipinski definition) is 3. The highest BCUT2D eigenvalue weighted by Gasteiger charge is 2.14. The first-order valence-corrected chi connectivity index (χ1v) is 5.98. The highest BCUT2D eigenvalue weighted by molar-refractivity contribution is 7.15. The summed E-state index contributed by atoms with van der Waals surface area (Å²) in [5.41, 5.74) is 2.41. The van der Waals surface area contributed by atoms with Crippen molar-refractivity contribution in [2.24, 2.45) is 0 Å². The zero-order chi connectivity index (χ0) is 10.3. The first kappa shape index (κ1) is 9.12. The molecule has 0 saturated heterocycles. The fourth-order valence-corrected chi connectivity index (χ4v) is 2.73. The molecule has 1 atom stereocenters. The lowest BCUT2D eigenvalue weighted by Gasteiger charge is -1.95. The molecule has 2 aromatic rings. The predicted molar refractivity (Wildman–Crippen MR) is 60.1 cm³/mol. The van der Waals surface area contributed by atoms with Gasteiger partial charge in [0, 0.05) is 24.2 Å². The maximum absolute atomic E-state index is 9.38. The minimum absolute atomic E-state index is 0.233.